The Morgan fingerprint density at radius 3 is 2.59 bits per heavy atom. The fourth-order valence-corrected chi connectivity index (χ4v) is 4.20. The number of hydrogen-bond acceptors (Lipinski definition) is 4. The molecule has 2 heterocycles. The van der Waals surface area contributed by atoms with Crippen molar-refractivity contribution >= 4 is 52.9 Å². The van der Waals surface area contributed by atoms with Crippen LogP contribution in [0.1, 0.15) is 21.1 Å². The van der Waals surface area contributed by atoms with E-state index in [9.17, 15) is 0 Å². The van der Waals surface area contributed by atoms with Crippen molar-refractivity contribution in [2.75, 3.05) is 33.2 Å². The Bertz CT molecular complexity index is 752. The first-order chi connectivity index (χ1) is 12.5. The first-order valence-electron chi connectivity index (χ1n) is 8.90. The predicted octanol–water partition coefficient (Wildman–Crippen LogP) is 3.92. The lowest BCUT2D eigenvalue weighted by molar-refractivity contribution is 0.172. The molecule has 1 fully saturated rings. The van der Waals surface area contributed by atoms with Crippen LogP contribution in [-0.4, -0.2) is 54.0 Å². The second-order valence-electron chi connectivity index (χ2n) is 6.54. The molecule has 0 bridgehead atoms. The Morgan fingerprint density at radius 2 is 2.00 bits per heavy atom. The molecule has 0 amide bonds. The van der Waals surface area contributed by atoms with E-state index < -0.39 is 0 Å². The van der Waals surface area contributed by atoms with Gasteiger partial charge in [0.2, 0.25) is 0 Å². The predicted molar refractivity (Wildman–Crippen MR) is 126 cm³/mol. The maximum absolute atomic E-state index is 6.09. The topological polar surface area (TPSA) is 43.8 Å². The first-order valence-corrected chi connectivity index (χ1v) is 10.1. The molecule has 148 valence electrons. The molecule has 0 unspecified atom stereocenters. The lowest BCUT2D eigenvalue weighted by Crippen LogP contribution is -2.52. The van der Waals surface area contributed by atoms with Crippen LogP contribution < -0.4 is 5.32 Å². The Morgan fingerprint density at radius 1 is 1.26 bits per heavy atom. The normalized spacial score (nSPS) is 15.6. The van der Waals surface area contributed by atoms with Crippen LogP contribution in [0.25, 0.3) is 0 Å². The number of benzene rings is 1. The molecule has 0 radical (unpaired) electrons. The Kier molecular flexibility index (Phi) is 8.78. The van der Waals surface area contributed by atoms with Crippen molar-refractivity contribution in [2.24, 2.45) is 4.99 Å². The number of guanidine groups is 1. The van der Waals surface area contributed by atoms with Crippen molar-refractivity contribution in [3.63, 3.8) is 0 Å². The largest absolute Gasteiger partial charge is 0.350 e. The van der Waals surface area contributed by atoms with Crippen molar-refractivity contribution < 1.29 is 0 Å². The van der Waals surface area contributed by atoms with Crippen LogP contribution in [-0.2, 0) is 13.1 Å². The van der Waals surface area contributed by atoms with Crippen LogP contribution in [0.5, 0.6) is 0 Å². The number of hydrogen-bond donors (Lipinski definition) is 1. The van der Waals surface area contributed by atoms with E-state index in [1.54, 1.807) is 11.3 Å². The van der Waals surface area contributed by atoms with Gasteiger partial charge in [0.15, 0.2) is 5.96 Å². The summed E-state index contributed by atoms with van der Waals surface area (Å²) in [7, 11) is 1.85. The lowest BCUT2D eigenvalue weighted by Gasteiger charge is -2.36. The molecule has 2 aromatic rings. The summed E-state index contributed by atoms with van der Waals surface area (Å²) in [6.07, 6.45) is 0. The Balaban J connectivity index is 0.00000261. The number of rotatable bonds is 4. The van der Waals surface area contributed by atoms with Gasteiger partial charge in [0.05, 0.1) is 12.2 Å². The molecule has 1 aliphatic heterocycles. The standard InChI is InChI=1S/C19H26ClN5S.HI/c1-14-15(2)26-18(23-14)12-22-19(21-3)25-9-7-24(8-10-25)13-16-5-4-6-17(20)11-16;/h4-6,11H,7-10,12-13H2,1-3H3,(H,21,22);1H. The minimum atomic E-state index is 0. The van der Waals surface area contributed by atoms with Crippen LogP contribution in [0.2, 0.25) is 5.02 Å². The molecular formula is C19H27ClIN5S. The second-order valence-corrected chi connectivity index (χ2v) is 8.27. The molecule has 1 saturated heterocycles. The number of halogens is 2. The fraction of sp³-hybridized carbons (Fsp3) is 0.474. The third kappa shape index (κ3) is 6.30. The van der Waals surface area contributed by atoms with E-state index in [1.165, 1.54) is 10.4 Å². The molecule has 1 aromatic heterocycles. The molecule has 1 N–H and O–H groups in total. The average molecular weight is 520 g/mol. The van der Waals surface area contributed by atoms with Crippen LogP contribution in [0.4, 0.5) is 0 Å². The van der Waals surface area contributed by atoms with Crippen molar-refractivity contribution in [2.45, 2.75) is 26.9 Å². The summed E-state index contributed by atoms with van der Waals surface area (Å²) in [5.41, 5.74) is 2.39. The van der Waals surface area contributed by atoms with E-state index in [-0.39, 0.29) is 24.0 Å². The van der Waals surface area contributed by atoms with Gasteiger partial charge in [-0.1, -0.05) is 23.7 Å². The zero-order valence-corrected chi connectivity index (χ0v) is 19.9. The quantitative estimate of drug-likeness (QED) is 0.378. The highest BCUT2D eigenvalue weighted by Gasteiger charge is 2.20. The summed E-state index contributed by atoms with van der Waals surface area (Å²) < 4.78 is 0. The van der Waals surface area contributed by atoms with E-state index in [1.807, 2.05) is 25.2 Å². The maximum Gasteiger partial charge on any atom is 0.194 e. The summed E-state index contributed by atoms with van der Waals surface area (Å²) >= 11 is 7.84. The van der Waals surface area contributed by atoms with Crippen molar-refractivity contribution in [3.05, 3.63) is 50.4 Å². The second kappa shape index (κ2) is 10.6. The number of nitrogens with zero attached hydrogens (tertiary/aromatic N) is 4. The molecule has 3 rings (SSSR count). The Labute approximate surface area is 187 Å². The molecular weight excluding hydrogens is 493 g/mol. The SMILES string of the molecule is CN=C(NCc1nc(C)c(C)s1)N1CCN(Cc2cccc(Cl)c2)CC1.I. The van der Waals surface area contributed by atoms with Gasteiger partial charge in [0.1, 0.15) is 5.01 Å². The first kappa shape index (κ1) is 22.4. The number of aryl methyl sites for hydroxylation is 2. The highest BCUT2D eigenvalue weighted by atomic mass is 127. The number of nitrogens with one attached hydrogen (secondary N) is 1. The van der Waals surface area contributed by atoms with Gasteiger partial charge >= 0.3 is 0 Å². The van der Waals surface area contributed by atoms with Gasteiger partial charge in [-0.3, -0.25) is 9.89 Å². The minimum Gasteiger partial charge on any atom is -0.350 e. The smallest absolute Gasteiger partial charge is 0.194 e. The molecule has 0 atom stereocenters. The van der Waals surface area contributed by atoms with Gasteiger partial charge in [-0.25, -0.2) is 4.98 Å². The molecule has 1 aliphatic rings. The minimum absolute atomic E-state index is 0. The zero-order chi connectivity index (χ0) is 18.5. The van der Waals surface area contributed by atoms with Gasteiger partial charge in [-0.05, 0) is 31.5 Å². The molecule has 0 spiro atoms. The van der Waals surface area contributed by atoms with Crippen molar-refractivity contribution in [1.29, 1.82) is 0 Å². The number of aromatic nitrogens is 1. The van der Waals surface area contributed by atoms with Crippen molar-refractivity contribution in [1.82, 2.24) is 20.1 Å². The van der Waals surface area contributed by atoms with E-state index in [2.05, 4.69) is 45.0 Å². The highest BCUT2D eigenvalue weighted by molar-refractivity contribution is 14.0. The van der Waals surface area contributed by atoms with Gasteiger partial charge in [0, 0.05) is 49.7 Å². The summed E-state index contributed by atoms with van der Waals surface area (Å²) in [6.45, 7) is 9.82. The van der Waals surface area contributed by atoms with E-state index in [0.717, 1.165) is 61.0 Å². The number of thiazole rings is 1. The molecule has 0 saturated carbocycles. The third-order valence-electron chi connectivity index (χ3n) is 4.65. The molecule has 5 nitrogen and oxygen atoms in total. The summed E-state index contributed by atoms with van der Waals surface area (Å²) in [5.74, 6) is 0.956. The lowest BCUT2D eigenvalue weighted by atomic mass is 10.2. The van der Waals surface area contributed by atoms with Crippen LogP contribution in [0, 0.1) is 13.8 Å². The molecule has 1 aromatic carbocycles. The summed E-state index contributed by atoms with van der Waals surface area (Å²) in [5, 5.41) is 5.37. The van der Waals surface area contributed by atoms with Crippen molar-refractivity contribution in [3.8, 4) is 0 Å². The van der Waals surface area contributed by atoms with Gasteiger partial charge in [-0.15, -0.1) is 35.3 Å². The van der Waals surface area contributed by atoms with E-state index in [0.29, 0.717) is 0 Å². The number of aliphatic imine (C=N–C) groups is 1. The maximum atomic E-state index is 6.09. The van der Waals surface area contributed by atoms with Crippen LogP contribution in [0.15, 0.2) is 29.3 Å². The third-order valence-corrected chi connectivity index (χ3v) is 5.96. The molecule has 0 aliphatic carbocycles. The molecule has 8 heteroatoms. The average Bonchev–Trinajstić information content (AvgIpc) is 2.95. The molecule has 27 heavy (non-hydrogen) atoms. The van der Waals surface area contributed by atoms with E-state index in [4.69, 9.17) is 11.6 Å². The van der Waals surface area contributed by atoms with Crippen LogP contribution >= 0.6 is 46.9 Å². The monoisotopic (exact) mass is 519 g/mol. The van der Waals surface area contributed by atoms with Gasteiger partial charge in [-0.2, -0.15) is 0 Å². The summed E-state index contributed by atoms with van der Waals surface area (Å²) in [6, 6.07) is 8.12. The highest BCUT2D eigenvalue weighted by Crippen LogP contribution is 2.16. The zero-order valence-electron chi connectivity index (χ0n) is 16.0. The Hall–Kier alpha value is -0.900. The van der Waals surface area contributed by atoms with Crippen LogP contribution in [0.3, 0.4) is 0 Å². The summed E-state index contributed by atoms with van der Waals surface area (Å²) in [4.78, 5) is 15.1. The van der Waals surface area contributed by atoms with Gasteiger partial charge in [0.25, 0.3) is 0 Å². The number of piperazine rings is 1. The van der Waals surface area contributed by atoms with Gasteiger partial charge < -0.3 is 10.2 Å². The fourth-order valence-electron chi connectivity index (χ4n) is 3.11. The van der Waals surface area contributed by atoms with E-state index >= 15 is 0 Å².